The largest absolute Gasteiger partial charge is 0.354 e. The molecule has 0 spiro atoms. The Morgan fingerprint density at radius 2 is 1.81 bits per heavy atom. The molecule has 32 heavy (non-hydrogen) atoms. The van der Waals surface area contributed by atoms with E-state index in [9.17, 15) is 4.79 Å². The second kappa shape index (κ2) is 9.22. The van der Waals surface area contributed by atoms with Gasteiger partial charge in [-0.15, -0.1) is 0 Å². The fraction of sp³-hybridized carbons (Fsp3) is 0.333. The lowest BCUT2D eigenvalue weighted by atomic mass is 10.2. The van der Waals surface area contributed by atoms with Gasteiger partial charge in [0.05, 0.1) is 6.54 Å². The number of nitrogens with zero attached hydrogens (tertiary/aromatic N) is 5. The van der Waals surface area contributed by atoms with Gasteiger partial charge in [-0.2, -0.15) is 0 Å². The van der Waals surface area contributed by atoms with Crippen LogP contribution in [-0.4, -0.2) is 58.5 Å². The van der Waals surface area contributed by atoms with E-state index >= 15 is 0 Å². The van der Waals surface area contributed by atoms with E-state index in [1.54, 1.807) is 18.3 Å². The Hall–Kier alpha value is -3.03. The molecule has 1 aromatic carbocycles. The number of hydrogen-bond donors (Lipinski definition) is 1. The third-order valence-corrected chi connectivity index (χ3v) is 6.22. The van der Waals surface area contributed by atoms with Crippen LogP contribution in [0.2, 0.25) is 5.02 Å². The molecule has 1 amide bonds. The van der Waals surface area contributed by atoms with Crippen molar-refractivity contribution in [3.63, 3.8) is 0 Å². The van der Waals surface area contributed by atoms with Crippen LogP contribution < -0.4 is 10.2 Å². The third-order valence-electron chi connectivity index (χ3n) is 5.97. The van der Waals surface area contributed by atoms with E-state index < -0.39 is 0 Å². The molecule has 0 atom stereocenters. The fourth-order valence-electron chi connectivity index (χ4n) is 4.34. The first-order chi connectivity index (χ1) is 15.7. The molecular weight excluding hydrogens is 424 g/mol. The van der Waals surface area contributed by atoms with Crippen molar-refractivity contribution in [2.24, 2.45) is 0 Å². The number of carbonyl (C=O) groups excluding carboxylic acids is 1. The molecule has 0 unspecified atom stereocenters. The summed E-state index contributed by atoms with van der Waals surface area (Å²) in [5.74, 6) is 1.73. The number of amides is 1. The van der Waals surface area contributed by atoms with E-state index in [4.69, 9.17) is 21.6 Å². The Balaban J connectivity index is 1.25. The molecule has 164 valence electrons. The van der Waals surface area contributed by atoms with Crippen LogP contribution in [0, 0.1) is 0 Å². The maximum absolute atomic E-state index is 12.4. The van der Waals surface area contributed by atoms with Gasteiger partial charge in [-0.1, -0.05) is 17.7 Å². The molecule has 2 aromatic heterocycles. The number of piperazine rings is 1. The standard InChI is InChI=1S/C24H25ClN6O/c25-17-7-9-18(10-8-17)27-22(32)16-30-12-14-31(15-13-30)24-19-4-3-6-20(19)28-23(29-24)21-5-1-2-11-26-21/h1-2,5,7-11H,3-4,6,12-16H2,(H,27,32). The topological polar surface area (TPSA) is 74.2 Å². The van der Waals surface area contributed by atoms with E-state index in [1.165, 1.54) is 5.56 Å². The van der Waals surface area contributed by atoms with Gasteiger partial charge < -0.3 is 10.2 Å². The number of rotatable bonds is 5. The summed E-state index contributed by atoms with van der Waals surface area (Å²) in [4.78, 5) is 31.1. The van der Waals surface area contributed by atoms with Crippen molar-refractivity contribution in [3.8, 4) is 11.5 Å². The number of halogens is 1. The van der Waals surface area contributed by atoms with Crippen molar-refractivity contribution in [2.45, 2.75) is 19.3 Å². The van der Waals surface area contributed by atoms with E-state index in [0.29, 0.717) is 17.4 Å². The van der Waals surface area contributed by atoms with Crippen LogP contribution in [0.1, 0.15) is 17.7 Å². The Morgan fingerprint density at radius 3 is 2.56 bits per heavy atom. The van der Waals surface area contributed by atoms with Crippen LogP contribution in [0.25, 0.3) is 11.5 Å². The molecule has 8 heteroatoms. The molecule has 1 N–H and O–H groups in total. The smallest absolute Gasteiger partial charge is 0.238 e. The molecule has 2 aliphatic rings. The third kappa shape index (κ3) is 4.59. The average Bonchev–Trinajstić information content (AvgIpc) is 3.30. The molecular formula is C24H25ClN6O. The quantitative estimate of drug-likeness (QED) is 0.644. The summed E-state index contributed by atoms with van der Waals surface area (Å²) in [5, 5.41) is 3.59. The van der Waals surface area contributed by atoms with Crippen molar-refractivity contribution < 1.29 is 4.79 Å². The highest BCUT2D eigenvalue weighted by Crippen LogP contribution is 2.31. The number of anilines is 2. The SMILES string of the molecule is O=C(CN1CCN(c2nc(-c3ccccn3)nc3c2CCC3)CC1)Nc1ccc(Cl)cc1. The Morgan fingerprint density at radius 1 is 1.00 bits per heavy atom. The monoisotopic (exact) mass is 448 g/mol. The van der Waals surface area contributed by atoms with E-state index in [0.717, 1.165) is 68.3 Å². The molecule has 1 aliphatic heterocycles. The van der Waals surface area contributed by atoms with Gasteiger partial charge in [-0.25, -0.2) is 9.97 Å². The van der Waals surface area contributed by atoms with E-state index in [2.05, 4.69) is 20.1 Å². The zero-order valence-electron chi connectivity index (χ0n) is 17.8. The molecule has 7 nitrogen and oxygen atoms in total. The first kappa shape index (κ1) is 20.8. The normalized spacial score (nSPS) is 16.1. The number of nitrogens with one attached hydrogen (secondary N) is 1. The molecule has 1 aliphatic carbocycles. The predicted molar refractivity (Wildman–Crippen MR) is 126 cm³/mol. The highest BCUT2D eigenvalue weighted by Gasteiger charge is 2.26. The van der Waals surface area contributed by atoms with Gasteiger partial charge in [0, 0.05) is 54.3 Å². The molecule has 3 aromatic rings. The minimum atomic E-state index is -0.0128. The summed E-state index contributed by atoms with van der Waals surface area (Å²) in [6.07, 6.45) is 4.92. The number of benzene rings is 1. The molecule has 0 radical (unpaired) electrons. The van der Waals surface area contributed by atoms with Gasteiger partial charge in [-0.05, 0) is 55.7 Å². The Kier molecular flexibility index (Phi) is 6.01. The fourth-order valence-corrected chi connectivity index (χ4v) is 4.46. The molecule has 3 heterocycles. The summed E-state index contributed by atoms with van der Waals surface area (Å²) in [7, 11) is 0. The van der Waals surface area contributed by atoms with Gasteiger partial charge in [0.1, 0.15) is 11.5 Å². The van der Waals surface area contributed by atoms with Crippen LogP contribution in [-0.2, 0) is 17.6 Å². The number of aromatic nitrogens is 3. The summed E-state index contributed by atoms with van der Waals surface area (Å²) < 4.78 is 0. The number of fused-ring (bicyclic) bond motifs is 1. The Labute approximate surface area is 192 Å². The lowest BCUT2D eigenvalue weighted by molar-refractivity contribution is -0.117. The van der Waals surface area contributed by atoms with Crippen molar-refractivity contribution in [2.75, 3.05) is 42.9 Å². The average molecular weight is 449 g/mol. The molecule has 1 saturated heterocycles. The number of aryl methyl sites for hydroxylation is 1. The predicted octanol–water partition coefficient (Wildman–Crippen LogP) is 3.44. The van der Waals surface area contributed by atoms with Crippen molar-refractivity contribution in [1.29, 1.82) is 0 Å². The lowest BCUT2D eigenvalue weighted by Crippen LogP contribution is -2.49. The van der Waals surface area contributed by atoms with Crippen LogP contribution in [0.15, 0.2) is 48.7 Å². The van der Waals surface area contributed by atoms with Crippen LogP contribution in [0.5, 0.6) is 0 Å². The zero-order valence-corrected chi connectivity index (χ0v) is 18.6. The highest BCUT2D eigenvalue weighted by molar-refractivity contribution is 6.30. The second-order valence-corrected chi connectivity index (χ2v) is 8.62. The van der Waals surface area contributed by atoms with Gasteiger partial charge in [0.2, 0.25) is 5.91 Å². The number of carbonyl (C=O) groups is 1. The van der Waals surface area contributed by atoms with Crippen molar-refractivity contribution in [3.05, 3.63) is 64.9 Å². The summed E-state index contributed by atoms with van der Waals surface area (Å²) in [5.41, 5.74) is 4.00. The van der Waals surface area contributed by atoms with Crippen molar-refractivity contribution >= 4 is 29.0 Å². The first-order valence-electron chi connectivity index (χ1n) is 11.0. The van der Waals surface area contributed by atoms with Crippen LogP contribution >= 0.6 is 11.6 Å². The molecule has 0 bridgehead atoms. The maximum atomic E-state index is 12.4. The van der Waals surface area contributed by atoms with Crippen molar-refractivity contribution in [1.82, 2.24) is 19.9 Å². The summed E-state index contributed by atoms with van der Waals surface area (Å²) >= 11 is 5.91. The molecule has 1 fully saturated rings. The minimum Gasteiger partial charge on any atom is -0.354 e. The Bertz CT molecular complexity index is 1100. The summed E-state index contributed by atoms with van der Waals surface area (Å²) in [6.45, 7) is 3.66. The summed E-state index contributed by atoms with van der Waals surface area (Å²) in [6, 6.07) is 13.0. The molecule has 0 saturated carbocycles. The first-order valence-corrected chi connectivity index (χ1v) is 11.4. The van der Waals surface area contributed by atoms with Gasteiger partial charge >= 0.3 is 0 Å². The molecule has 5 rings (SSSR count). The maximum Gasteiger partial charge on any atom is 0.238 e. The van der Waals surface area contributed by atoms with Crippen LogP contribution in [0.4, 0.5) is 11.5 Å². The second-order valence-electron chi connectivity index (χ2n) is 8.18. The highest BCUT2D eigenvalue weighted by atomic mass is 35.5. The van der Waals surface area contributed by atoms with Gasteiger partial charge in [0.25, 0.3) is 0 Å². The van der Waals surface area contributed by atoms with E-state index in [-0.39, 0.29) is 5.91 Å². The zero-order chi connectivity index (χ0) is 21.9. The number of pyridine rings is 1. The van der Waals surface area contributed by atoms with Gasteiger partial charge in [0.15, 0.2) is 5.82 Å². The number of hydrogen-bond acceptors (Lipinski definition) is 6. The van der Waals surface area contributed by atoms with Gasteiger partial charge in [-0.3, -0.25) is 14.7 Å². The van der Waals surface area contributed by atoms with E-state index in [1.807, 2.05) is 30.3 Å². The minimum absolute atomic E-state index is 0.0128. The van der Waals surface area contributed by atoms with Crippen LogP contribution in [0.3, 0.4) is 0 Å². The lowest BCUT2D eigenvalue weighted by Gasteiger charge is -2.36.